The van der Waals surface area contributed by atoms with Crippen LogP contribution in [0.25, 0.3) is 0 Å². The van der Waals surface area contributed by atoms with Gasteiger partial charge >= 0.3 is 0 Å². The van der Waals surface area contributed by atoms with Crippen molar-refractivity contribution in [2.45, 2.75) is 19.3 Å². The fraction of sp³-hybridized carbons (Fsp3) is 1.00. The van der Waals surface area contributed by atoms with Crippen molar-refractivity contribution >= 4 is 0 Å². The Kier molecular flexibility index (Phi) is 4.52. The molecule has 0 aromatic rings. The van der Waals surface area contributed by atoms with Crippen molar-refractivity contribution in [1.82, 2.24) is 4.90 Å². The lowest BCUT2D eigenvalue weighted by molar-refractivity contribution is 0.0127. The van der Waals surface area contributed by atoms with E-state index in [9.17, 15) is 8.78 Å². The van der Waals surface area contributed by atoms with E-state index in [2.05, 4.69) is 5.73 Å². The third-order valence-electron chi connectivity index (χ3n) is 1.70. The van der Waals surface area contributed by atoms with Gasteiger partial charge in [-0.05, 0) is 13.6 Å². The Hall–Kier alpha value is -0.220. The van der Waals surface area contributed by atoms with Crippen LogP contribution < -0.4 is 5.73 Å². The van der Waals surface area contributed by atoms with Gasteiger partial charge in [0.05, 0.1) is 6.54 Å². The minimum absolute atomic E-state index is 0.0382. The normalized spacial score (nSPS) is 22.6. The average Bonchev–Trinajstić information content (AvgIpc) is 2.34. The molecule has 0 aliphatic carbocycles. The van der Waals surface area contributed by atoms with Crippen molar-refractivity contribution in [3.8, 4) is 0 Å². The monoisotopic (exact) mass is 166 g/mol. The lowest BCUT2D eigenvalue weighted by atomic mass is 10.3. The number of alkyl halides is 2. The predicted molar refractivity (Wildman–Crippen MR) is 41.8 cm³/mol. The molecule has 0 amide bonds. The van der Waals surface area contributed by atoms with Gasteiger partial charge in [-0.15, -0.1) is 0 Å². The largest absolute Gasteiger partial charge is 0.333 e. The molecule has 2 nitrogen and oxygen atoms in total. The van der Waals surface area contributed by atoms with Gasteiger partial charge in [0.25, 0.3) is 5.92 Å². The lowest BCUT2D eigenvalue weighted by Crippen LogP contribution is -2.24. The van der Waals surface area contributed by atoms with Crippen LogP contribution in [0.3, 0.4) is 0 Å². The molecule has 0 unspecified atom stereocenters. The minimum Gasteiger partial charge on any atom is -0.333 e. The van der Waals surface area contributed by atoms with Crippen LogP contribution in [-0.4, -0.2) is 37.5 Å². The number of halogens is 2. The van der Waals surface area contributed by atoms with Gasteiger partial charge in [-0.25, -0.2) is 8.78 Å². The average molecular weight is 166 g/mol. The summed E-state index contributed by atoms with van der Waals surface area (Å²) in [6.45, 7) is 3.17. The molecule has 0 aromatic carbocycles. The summed E-state index contributed by atoms with van der Waals surface area (Å²) in [5, 5.41) is 0. The molecule has 1 heterocycles. The van der Waals surface area contributed by atoms with Crippen LogP contribution in [-0.2, 0) is 0 Å². The SMILES string of the molecule is CCN1CCC(F)(F)C1.CN. The van der Waals surface area contributed by atoms with Gasteiger partial charge in [0.1, 0.15) is 0 Å². The first-order chi connectivity index (χ1) is 5.14. The van der Waals surface area contributed by atoms with Crippen molar-refractivity contribution in [1.29, 1.82) is 0 Å². The van der Waals surface area contributed by atoms with E-state index in [0.717, 1.165) is 6.54 Å². The molecule has 1 rings (SSSR count). The zero-order chi connectivity index (χ0) is 8.91. The Morgan fingerprint density at radius 2 is 2.00 bits per heavy atom. The van der Waals surface area contributed by atoms with Gasteiger partial charge in [0.2, 0.25) is 0 Å². The van der Waals surface area contributed by atoms with Crippen molar-refractivity contribution in [3.63, 3.8) is 0 Å². The second-order valence-electron chi connectivity index (χ2n) is 2.47. The summed E-state index contributed by atoms with van der Waals surface area (Å²) < 4.78 is 24.7. The molecule has 0 aromatic heterocycles. The fourth-order valence-electron chi connectivity index (χ4n) is 1.08. The number of likely N-dealkylation sites (tertiary alicyclic amines) is 1. The van der Waals surface area contributed by atoms with E-state index in [1.165, 1.54) is 7.05 Å². The molecule has 11 heavy (non-hydrogen) atoms. The maximum absolute atomic E-state index is 12.3. The molecule has 0 radical (unpaired) electrons. The third-order valence-corrected chi connectivity index (χ3v) is 1.70. The van der Waals surface area contributed by atoms with Gasteiger partial charge in [0.15, 0.2) is 0 Å². The summed E-state index contributed by atoms with van der Waals surface area (Å²) in [7, 11) is 1.50. The van der Waals surface area contributed by atoms with E-state index in [1.807, 2.05) is 6.92 Å². The molecule has 1 aliphatic heterocycles. The quantitative estimate of drug-likeness (QED) is 0.627. The van der Waals surface area contributed by atoms with Gasteiger partial charge in [-0.3, -0.25) is 4.90 Å². The molecular formula is C7H16F2N2. The standard InChI is InChI=1S/C6H11F2N.CH5N/c1-2-9-4-3-6(7,8)5-9;1-2/h2-5H2,1H3;2H2,1H3. The smallest absolute Gasteiger partial charge is 0.261 e. The zero-order valence-corrected chi connectivity index (χ0v) is 7.11. The van der Waals surface area contributed by atoms with Crippen LogP contribution in [0.1, 0.15) is 13.3 Å². The second-order valence-corrected chi connectivity index (χ2v) is 2.47. The Morgan fingerprint density at radius 1 is 1.45 bits per heavy atom. The first-order valence-corrected chi connectivity index (χ1v) is 3.82. The molecule has 1 fully saturated rings. The summed E-state index contributed by atoms with van der Waals surface area (Å²) in [5.41, 5.74) is 4.50. The van der Waals surface area contributed by atoms with Crippen LogP contribution >= 0.6 is 0 Å². The molecule has 0 atom stereocenters. The molecule has 0 saturated carbocycles. The molecule has 1 saturated heterocycles. The zero-order valence-electron chi connectivity index (χ0n) is 7.11. The summed E-state index contributed by atoms with van der Waals surface area (Å²) >= 11 is 0. The van der Waals surface area contributed by atoms with E-state index in [-0.39, 0.29) is 13.0 Å². The predicted octanol–water partition coefficient (Wildman–Crippen LogP) is 0.922. The van der Waals surface area contributed by atoms with Crippen molar-refractivity contribution in [3.05, 3.63) is 0 Å². The van der Waals surface area contributed by atoms with Crippen LogP contribution in [0.2, 0.25) is 0 Å². The first-order valence-electron chi connectivity index (χ1n) is 3.82. The highest BCUT2D eigenvalue weighted by Crippen LogP contribution is 2.25. The molecular weight excluding hydrogens is 150 g/mol. The number of rotatable bonds is 1. The Bertz CT molecular complexity index is 107. The van der Waals surface area contributed by atoms with E-state index >= 15 is 0 Å². The highest BCUT2D eigenvalue weighted by Gasteiger charge is 2.36. The van der Waals surface area contributed by atoms with Crippen molar-refractivity contribution in [2.75, 3.05) is 26.7 Å². The van der Waals surface area contributed by atoms with E-state index in [0.29, 0.717) is 6.54 Å². The van der Waals surface area contributed by atoms with Gasteiger partial charge in [0, 0.05) is 13.0 Å². The van der Waals surface area contributed by atoms with Gasteiger partial charge in [-0.1, -0.05) is 6.92 Å². The summed E-state index contributed by atoms with van der Waals surface area (Å²) in [6, 6.07) is 0. The summed E-state index contributed by atoms with van der Waals surface area (Å²) in [5.74, 6) is -2.41. The van der Waals surface area contributed by atoms with Gasteiger partial charge in [-0.2, -0.15) is 0 Å². The Morgan fingerprint density at radius 3 is 2.18 bits per heavy atom. The maximum Gasteiger partial charge on any atom is 0.261 e. The highest BCUT2D eigenvalue weighted by atomic mass is 19.3. The first kappa shape index (κ1) is 10.8. The Labute approximate surface area is 66.4 Å². The number of nitrogens with two attached hydrogens (primary N) is 1. The minimum atomic E-state index is -2.41. The molecule has 0 spiro atoms. The van der Waals surface area contributed by atoms with Crippen LogP contribution in [0.5, 0.6) is 0 Å². The fourth-order valence-corrected chi connectivity index (χ4v) is 1.08. The van der Waals surface area contributed by atoms with E-state index < -0.39 is 5.92 Å². The maximum atomic E-state index is 12.3. The third kappa shape index (κ3) is 3.62. The van der Waals surface area contributed by atoms with Crippen molar-refractivity contribution < 1.29 is 8.78 Å². The molecule has 1 aliphatic rings. The van der Waals surface area contributed by atoms with Crippen molar-refractivity contribution in [2.24, 2.45) is 5.73 Å². The van der Waals surface area contributed by atoms with Crippen LogP contribution in [0, 0.1) is 0 Å². The molecule has 2 N–H and O–H groups in total. The highest BCUT2D eigenvalue weighted by molar-refractivity contribution is 4.80. The lowest BCUT2D eigenvalue weighted by Gasteiger charge is -2.11. The second kappa shape index (κ2) is 4.62. The number of hydrogen-bond donors (Lipinski definition) is 1. The van der Waals surface area contributed by atoms with Crippen LogP contribution in [0.15, 0.2) is 0 Å². The summed E-state index contributed by atoms with van der Waals surface area (Å²) in [4.78, 5) is 1.76. The number of nitrogens with zero attached hydrogens (tertiary/aromatic N) is 1. The summed E-state index contributed by atoms with van der Waals surface area (Å²) in [6.07, 6.45) is 0.0425. The van der Waals surface area contributed by atoms with Gasteiger partial charge < -0.3 is 5.73 Å². The number of hydrogen-bond acceptors (Lipinski definition) is 2. The molecule has 0 bridgehead atoms. The van der Waals surface area contributed by atoms with E-state index in [4.69, 9.17) is 0 Å². The topological polar surface area (TPSA) is 29.3 Å². The van der Waals surface area contributed by atoms with Crippen LogP contribution in [0.4, 0.5) is 8.78 Å². The van der Waals surface area contributed by atoms with E-state index in [1.54, 1.807) is 4.90 Å². The molecule has 4 heteroatoms. The Balaban J connectivity index is 0.000000461. The molecule has 68 valence electrons.